The van der Waals surface area contributed by atoms with E-state index in [1.54, 1.807) is 0 Å². The van der Waals surface area contributed by atoms with Crippen molar-refractivity contribution in [3.8, 4) is 11.3 Å². The predicted octanol–water partition coefficient (Wildman–Crippen LogP) is 4.23. The van der Waals surface area contributed by atoms with Gasteiger partial charge in [-0.2, -0.15) is 0 Å². The summed E-state index contributed by atoms with van der Waals surface area (Å²) in [5.41, 5.74) is 3.21. The van der Waals surface area contributed by atoms with Crippen LogP contribution in [-0.2, 0) is 4.79 Å². The molecule has 0 saturated carbocycles. The molecule has 5 heteroatoms. The first-order chi connectivity index (χ1) is 13.6. The van der Waals surface area contributed by atoms with Gasteiger partial charge in [0.05, 0.1) is 16.8 Å². The number of fused-ring (bicyclic) bond motifs is 1. The maximum absolute atomic E-state index is 13.3. The number of piperidine rings is 1. The first kappa shape index (κ1) is 18.2. The lowest BCUT2D eigenvalue weighted by molar-refractivity contribution is -0.138. The third-order valence-electron chi connectivity index (χ3n) is 5.38. The maximum atomic E-state index is 13.3. The maximum Gasteiger partial charge on any atom is 0.303 e. The number of likely N-dealkylation sites (tertiary alicyclic amines) is 1. The second-order valence-electron chi connectivity index (χ2n) is 7.27. The van der Waals surface area contributed by atoms with Crippen molar-refractivity contribution in [2.75, 3.05) is 13.1 Å². The third-order valence-corrected chi connectivity index (χ3v) is 5.38. The van der Waals surface area contributed by atoms with Crippen LogP contribution in [0.25, 0.3) is 22.2 Å². The molecule has 1 aliphatic heterocycles. The van der Waals surface area contributed by atoms with Crippen molar-refractivity contribution in [1.29, 1.82) is 0 Å². The standard InChI is InChI=1S/C23H22N2O3/c26-22(27)14-16-10-12-25(13-11-16)23(28)19-15-21(17-6-2-1-3-7-17)24-20-9-5-4-8-18(19)20/h1-9,15-16H,10-14H2,(H,26,27). The van der Waals surface area contributed by atoms with Crippen molar-refractivity contribution in [3.63, 3.8) is 0 Å². The van der Waals surface area contributed by atoms with Crippen molar-refractivity contribution in [3.05, 3.63) is 66.2 Å². The van der Waals surface area contributed by atoms with Gasteiger partial charge in [0, 0.05) is 30.5 Å². The van der Waals surface area contributed by atoms with E-state index in [2.05, 4.69) is 0 Å². The van der Waals surface area contributed by atoms with Crippen LogP contribution in [0.4, 0.5) is 0 Å². The van der Waals surface area contributed by atoms with E-state index in [1.165, 1.54) is 0 Å². The van der Waals surface area contributed by atoms with Crippen LogP contribution in [0.5, 0.6) is 0 Å². The highest BCUT2D eigenvalue weighted by molar-refractivity contribution is 6.07. The zero-order valence-corrected chi connectivity index (χ0v) is 15.5. The molecule has 4 rings (SSSR count). The molecule has 0 atom stereocenters. The predicted molar refractivity (Wildman–Crippen MR) is 108 cm³/mol. The Morgan fingerprint density at radius 1 is 1.00 bits per heavy atom. The van der Waals surface area contributed by atoms with Crippen molar-refractivity contribution in [1.82, 2.24) is 9.88 Å². The summed E-state index contributed by atoms with van der Waals surface area (Å²) >= 11 is 0. The number of para-hydroxylation sites is 1. The normalized spacial score (nSPS) is 14.9. The molecule has 1 aromatic heterocycles. The summed E-state index contributed by atoms with van der Waals surface area (Å²) < 4.78 is 0. The molecule has 0 radical (unpaired) electrons. The highest BCUT2D eigenvalue weighted by Crippen LogP contribution is 2.28. The Bertz CT molecular complexity index is 1010. The zero-order chi connectivity index (χ0) is 19.5. The summed E-state index contributed by atoms with van der Waals surface area (Å²) in [4.78, 5) is 30.8. The van der Waals surface area contributed by atoms with E-state index >= 15 is 0 Å². The average Bonchev–Trinajstić information content (AvgIpc) is 2.73. The molecular weight excluding hydrogens is 352 g/mol. The number of carboxylic acids is 1. The fraction of sp³-hybridized carbons (Fsp3) is 0.261. The molecule has 5 nitrogen and oxygen atoms in total. The quantitative estimate of drug-likeness (QED) is 0.742. The first-order valence-corrected chi connectivity index (χ1v) is 9.58. The number of hydrogen-bond donors (Lipinski definition) is 1. The molecule has 2 aromatic carbocycles. The van der Waals surface area contributed by atoms with Crippen molar-refractivity contribution in [2.45, 2.75) is 19.3 Å². The molecule has 1 saturated heterocycles. The number of carbonyl (C=O) groups excluding carboxylic acids is 1. The third kappa shape index (κ3) is 3.74. The summed E-state index contributed by atoms with van der Waals surface area (Å²) in [6.45, 7) is 1.18. The summed E-state index contributed by atoms with van der Waals surface area (Å²) in [7, 11) is 0. The number of hydrogen-bond acceptors (Lipinski definition) is 3. The molecular formula is C23H22N2O3. The van der Waals surface area contributed by atoms with Crippen LogP contribution in [0.3, 0.4) is 0 Å². The lowest BCUT2D eigenvalue weighted by Gasteiger charge is -2.31. The summed E-state index contributed by atoms with van der Waals surface area (Å²) in [5, 5.41) is 9.84. The van der Waals surface area contributed by atoms with E-state index in [9.17, 15) is 9.59 Å². The number of carbonyl (C=O) groups is 2. The number of nitrogens with zero attached hydrogens (tertiary/aromatic N) is 2. The van der Waals surface area contributed by atoms with Gasteiger partial charge in [-0.05, 0) is 30.9 Å². The lowest BCUT2D eigenvalue weighted by Crippen LogP contribution is -2.39. The van der Waals surface area contributed by atoms with E-state index in [-0.39, 0.29) is 18.2 Å². The molecule has 2 heterocycles. The zero-order valence-electron chi connectivity index (χ0n) is 15.5. The number of aliphatic carboxylic acids is 1. The topological polar surface area (TPSA) is 70.5 Å². The van der Waals surface area contributed by atoms with E-state index in [0.29, 0.717) is 18.7 Å². The Kier molecular flexibility index (Phi) is 5.06. The van der Waals surface area contributed by atoms with E-state index in [4.69, 9.17) is 10.1 Å². The van der Waals surface area contributed by atoms with Crippen LogP contribution in [-0.4, -0.2) is 40.0 Å². The summed E-state index contributed by atoms with van der Waals surface area (Å²) in [6, 6.07) is 19.4. The van der Waals surface area contributed by atoms with Gasteiger partial charge in [0.2, 0.25) is 0 Å². The van der Waals surface area contributed by atoms with E-state index < -0.39 is 5.97 Å². The summed E-state index contributed by atoms with van der Waals surface area (Å²) in [6.07, 6.45) is 1.64. The van der Waals surface area contributed by atoms with Crippen LogP contribution in [0, 0.1) is 5.92 Å². The number of pyridine rings is 1. The van der Waals surface area contributed by atoms with E-state index in [1.807, 2.05) is 65.6 Å². The van der Waals surface area contributed by atoms with Crippen LogP contribution in [0.1, 0.15) is 29.6 Å². The Morgan fingerprint density at radius 2 is 1.68 bits per heavy atom. The fourth-order valence-electron chi connectivity index (χ4n) is 3.87. The Morgan fingerprint density at radius 3 is 2.39 bits per heavy atom. The molecule has 1 fully saturated rings. The van der Waals surface area contributed by atoms with Gasteiger partial charge in [0.1, 0.15) is 0 Å². The molecule has 0 spiro atoms. The van der Waals surface area contributed by atoms with Gasteiger partial charge in [-0.15, -0.1) is 0 Å². The monoisotopic (exact) mass is 374 g/mol. The molecule has 1 N–H and O–H groups in total. The number of aromatic nitrogens is 1. The Labute approximate surface area is 163 Å². The number of amides is 1. The Hall–Kier alpha value is -3.21. The molecule has 0 bridgehead atoms. The second-order valence-corrected chi connectivity index (χ2v) is 7.27. The molecule has 28 heavy (non-hydrogen) atoms. The minimum atomic E-state index is -0.766. The molecule has 0 aliphatic carbocycles. The number of carboxylic acid groups (broad SMARTS) is 1. The minimum Gasteiger partial charge on any atom is -0.481 e. The Balaban J connectivity index is 1.66. The highest BCUT2D eigenvalue weighted by Gasteiger charge is 2.26. The van der Waals surface area contributed by atoms with Crippen LogP contribution >= 0.6 is 0 Å². The SMILES string of the molecule is O=C(O)CC1CCN(C(=O)c2cc(-c3ccccc3)nc3ccccc23)CC1. The minimum absolute atomic E-state index is 0.00967. The van der Waals surface area contributed by atoms with Crippen LogP contribution in [0.15, 0.2) is 60.7 Å². The van der Waals surface area contributed by atoms with Crippen LogP contribution < -0.4 is 0 Å². The van der Waals surface area contributed by atoms with Gasteiger partial charge in [0.25, 0.3) is 5.91 Å². The van der Waals surface area contributed by atoms with Gasteiger partial charge in [-0.25, -0.2) is 4.98 Å². The van der Waals surface area contributed by atoms with Crippen molar-refractivity contribution >= 4 is 22.8 Å². The van der Waals surface area contributed by atoms with Gasteiger partial charge in [0.15, 0.2) is 0 Å². The first-order valence-electron chi connectivity index (χ1n) is 9.58. The van der Waals surface area contributed by atoms with Gasteiger partial charge in [-0.1, -0.05) is 48.5 Å². The smallest absolute Gasteiger partial charge is 0.303 e. The second kappa shape index (κ2) is 7.80. The number of benzene rings is 2. The molecule has 1 amide bonds. The van der Waals surface area contributed by atoms with Gasteiger partial charge in [-0.3, -0.25) is 9.59 Å². The van der Waals surface area contributed by atoms with Crippen molar-refractivity contribution in [2.24, 2.45) is 5.92 Å². The molecule has 3 aromatic rings. The van der Waals surface area contributed by atoms with Gasteiger partial charge >= 0.3 is 5.97 Å². The summed E-state index contributed by atoms with van der Waals surface area (Å²) in [5.74, 6) is -0.627. The average molecular weight is 374 g/mol. The molecule has 1 aliphatic rings. The van der Waals surface area contributed by atoms with Crippen molar-refractivity contribution < 1.29 is 14.7 Å². The highest BCUT2D eigenvalue weighted by atomic mass is 16.4. The lowest BCUT2D eigenvalue weighted by atomic mass is 9.93. The largest absolute Gasteiger partial charge is 0.481 e. The number of rotatable bonds is 4. The van der Waals surface area contributed by atoms with Crippen LogP contribution in [0.2, 0.25) is 0 Å². The molecule has 142 valence electrons. The van der Waals surface area contributed by atoms with E-state index in [0.717, 1.165) is 35.0 Å². The molecule has 0 unspecified atom stereocenters. The van der Waals surface area contributed by atoms with Gasteiger partial charge < -0.3 is 10.0 Å². The fourth-order valence-corrected chi connectivity index (χ4v) is 3.87.